The Morgan fingerprint density at radius 2 is 1.90 bits per heavy atom. The zero-order valence-electron chi connectivity index (χ0n) is 10.7. The number of anilines is 1. The zero-order valence-corrected chi connectivity index (χ0v) is 10.7. The van der Waals surface area contributed by atoms with Gasteiger partial charge in [0.1, 0.15) is 11.5 Å². The van der Waals surface area contributed by atoms with Gasteiger partial charge in [-0.15, -0.1) is 5.10 Å². The first-order chi connectivity index (χ1) is 9.20. The Morgan fingerprint density at radius 1 is 1.25 bits per heavy atom. The van der Waals surface area contributed by atoms with E-state index in [0.717, 1.165) is 5.56 Å². The molecule has 1 aromatic carbocycles. The highest BCUT2D eigenvalue weighted by Crippen LogP contribution is 2.28. The van der Waals surface area contributed by atoms with Gasteiger partial charge >= 0.3 is 6.18 Å². The molecular formula is C12H12F4N4. The standard InChI is InChI=1S/C12H12F4N4/c1-6(2)7-3-4-9(8(13)5-7)20-11(17)18-10(19-20)12(14,15)16/h3-6H,1-2H3,(H2,17,18,19). The smallest absolute Gasteiger partial charge is 0.368 e. The second-order valence-electron chi connectivity index (χ2n) is 4.57. The lowest BCUT2D eigenvalue weighted by atomic mass is 10.0. The van der Waals surface area contributed by atoms with Gasteiger partial charge < -0.3 is 5.73 Å². The van der Waals surface area contributed by atoms with Crippen LogP contribution in [0.1, 0.15) is 31.2 Å². The summed E-state index contributed by atoms with van der Waals surface area (Å²) in [5.74, 6) is -2.53. The van der Waals surface area contributed by atoms with E-state index in [0.29, 0.717) is 4.68 Å². The minimum absolute atomic E-state index is 0.0948. The van der Waals surface area contributed by atoms with E-state index in [1.165, 1.54) is 12.1 Å². The van der Waals surface area contributed by atoms with Gasteiger partial charge in [-0.3, -0.25) is 0 Å². The minimum atomic E-state index is -4.73. The topological polar surface area (TPSA) is 56.7 Å². The predicted molar refractivity (Wildman–Crippen MR) is 64.8 cm³/mol. The van der Waals surface area contributed by atoms with Crippen molar-refractivity contribution in [2.45, 2.75) is 25.9 Å². The molecule has 0 saturated carbocycles. The van der Waals surface area contributed by atoms with Crippen LogP contribution < -0.4 is 5.73 Å². The first-order valence-corrected chi connectivity index (χ1v) is 5.79. The molecule has 0 saturated heterocycles. The number of alkyl halides is 3. The Labute approximate surface area is 112 Å². The van der Waals surface area contributed by atoms with Gasteiger partial charge in [0.25, 0.3) is 5.82 Å². The molecule has 1 aromatic heterocycles. The molecule has 0 atom stereocenters. The molecule has 2 aromatic rings. The summed E-state index contributed by atoms with van der Waals surface area (Å²) in [6.07, 6.45) is -4.73. The van der Waals surface area contributed by atoms with Crippen LogP contribution >= 0.6 is 0 Å². The van der Waals surface area contributed by atoms with Crippen molar-refractivity contribution in [2.75, 3.05) is 5.73 Å². The molecule has 0 unspecified atom stereocenters. The van der Waals surface area contributed by atoms with Gasteiger partial charge in [0.05, 0.1) is 0 Å². The molecule has 0 aliphatic rings. The summed E-state index contributed by atoms with van der Waals surface area (Å²) in [5, 5.41) is 3.20. The first-order valence-electron chi connectivity index (χ1n) is 5.79. The maximum Gasteiger partial charge on any atom is 0.453 e. The monoisotopic (exact) mass is 288 g/mol. The number of nitrogens with zero attached hydrogens (tertiary/aromatic N) is 3. The van der Waals surface area contributed by atoms with Crippen LogP contribution in [0.5, 0.6) is 0 Å². The van der Waals surface area contributed by atoms with Crippen LogP contribution in [0, 0.1) is 5.82 Å². The molecule has 20 heavy (non-hydrogen) atoms. The highest BCUT2D eigenvalue weighted by Gasteiger charge is 2.37. The summed E-state index contributed by atoms with van der Waals surface area (Å²) in [6.45, 7) is 3.75. The Hall–Kier alpha value is -2.12. The van der Waals surface area contributed by atoms with Crippen LogP contribution in [0.4, 0.5) is 23.5 Å². The quantitative estimate of drug-likeness (QED) is 0.864. The summed E-state index contributed by atoms with van der Waals surface area (Å²) >= 11 is 0. The van der Waals surface area contributed by atoms with E-state index >= 15 is 0 Å². The van der Waals surface area contributed by atoms with E-state index in [4.69, 9.17) is 5.73 Å². The first kappa shape index (κ1) is 14.3. The van der Waals surface area contributed by atoms with Crippen molar-refractivity contribution in [3.8, 4) is 5.69 Å². The Kier molecular flexibility index (Phi) is 3.41. The molecule has 0 amide bonds. The number of aromatic nitrogens is 3. The number of hydrogen-bond acceptors (Lipinski definition) is 3. The summed E-state index contributed by atoms with van der Waals surface area (Å²) in [7, 11) is 0. The highest BCUT2D eigenvalue weighted by atomic mass is 19.4. The van der Waals surface area contributed by atoms with Gasteiger partial charge in [0.15, 0.2) is 0 Å². The van der Waals surface area contributed by atoms with Gasteiger partial charge in [-0.25, -0.2) is 4.39 Å². The average molecular weight is 288 g/mol. The number of nitrogen functional groups attached to an aromatic ring is 1. The third-order valence-electron chi connectivity index (χ3n) is 2.75. The summed E-state index contributed by atoms with van der Waals surface area (Å²) in [4.78, 5) is 3.09. The number of rotatable bonds is 2. The highest BCUT2D eigenvalue weighted by molar-refractivity contribution is 5.41. The third-order valence-corrected chi connectivity index (χ3v) is 2.75. The van der Waals surface area contributed by atoms with E-state index in [9.17, 15) is 17.6 Å². The van der Waals surface area contributed by atoms with E-state index in [2.05, 4.69) is 10.1 Å². The fraction of sp³-hybridized carbons (Fsp3) is 0.333. The second kappa shape index (κ2) is 4.77. The number of halogens is 4. The van der Waals surface area contributed by atoms with Crippen LogP contribution in [0.2, 0.25) is 0 Å². The van der Waals surface area contributed by atoms with Gasteiger partial charge in [-0.2, -0.15) is 22.8 Å². The lowest BCUT2D eigenvalue weighted by molar-refractivity contribution is -0.144. The molecule has 4 nitrogen and oxygen atoms in total. The fourth-order valence-corrected chi connectivity index (χ4v) is 1.68. The summed E-state index contributed by atoms with van der Waals surface area (Å²) in [5.41, 5.74) is 5.91. The minimum Gasteiger partial charge on any atom is -0.368 e. The second-order valence-corrected chi connectivity index (χ2v) is 4.57. The zero-order chi connectivity index (χ0) is 15.1. The summed E-state index contributed by atoms with van der Waals surface area (Å²) in [6, 6.07) is 4.18. The fourth-order valence-electron chi connectivity index (χ4n) is 1.68. The summed E-state index contributed by atoms with van der Waals surface area (Å²) < 4.78 is 52.0. The molecule has 2 N–H and O–H groups in total. The van der Waals surface area contributed by atoms with Crippen molar-refractivity contribution in [3.63, 3.8) is 0 Å². The van der Waals surface area contributed by atoms with E-state index in [-0.39, 0.29) is 11.6 Å². The molecule has 0 bridgehead atoms. The lowest BCUT2D eigenvalue weighted by Crippen LogP contribution is -2.09. The van der Waals surface area contributed by atoms with Crippen LogP contribution in [0.25, 0.3) is 5.69 Å². The van der Waals surface area contributed by atoms with Gasteiger partial charge in [-0.05, 0) is 23.6 Å². The van der Waals surface area contributed by atoms with Crippen LogP contribution in [-0.4, -0.2) is 14.8 Å². The molecule has 0 radical (unpaired) electrons. The van der Waals surface area contributed by atoms with Crippen molar-refractivity contribution in [1.82, 2.24) is 14.8 Å². The van der Waals surface area contributed by atoms with Gasteiger partial charge in [0, 0.05) is 0 Å². The van der Waals surface area contributed by atoms with Crippen LogP contribution in [0.3, 0.4) is 0 Å². The largest absolute Gasteiger partial charge is 0.453 e. The predicted octanol–water partition coefficient (Wildman–Crippen LogP) is 3.13. The lowest BCUT2D eigenvalue weighted by Gasteiger charge is -2.09. The molecule has 0 fully saturated rings. The average Bonchev–Trinajstić information content (AvgIpc) is 2.71. The SMILES string of the molecule is CC(C)c1ccc(-n2nc(C(F)(F)F)nc2N)c(F)c1. The van der Waals surface area contributed by atoms with Crippen molar-refractivity contribution in [3.05, 3.63) is 35.4 Å². The van der Waals surface area contributed by atoms with Crippen molar-refractivity contribution in [1.29, 1.82) is 0 Å². The Morgan fingerprint density at radius 3 is 2.35 bits per heavy atom. The Balaban J connectivity index is 2.50. The van der Waals surface area contributed by atoms with Gasteiger partial charge in [-0.1, -0.05) is 19.9 Å². The maximum atomic E-state index is 14.0. The number of benzene rings is 1. The van der Waals surface area contributed by atoms with E-state index in [1.54, 1.807) is 6.07 Å². The molecule has 108 valence electrons. The van der Waals surface area contributed by atoms with E-state index < -0.39 is 23.8 Å². The molecule has 0 aliphatic carbocycles. The molecular weight excluding hydrogens is 276 g/mol. The normalized spacial score (nSPS) is 12.2. The molecule has 1 heterocycles. The Bertz CT molecular complexity index is 631. The van der Waals surface area contributed by atoms with Crippen LogP contribution in [0.15, 0.2) is 18.2 Å². The molecule has 2 rings (SSSR count). The third kappa shape index (κ3) is 2.59. The molecule has 0 spiro atoms. The molecule has 0 aliphatic heterocycles. The van der Waals surface area contributed by atoms with Crippen molar-refractivity contribution < 1.29 is 17.6 Å². The number of hydrogen-bond donors (Lipinski definition) is 1. The number of nitrogens with two attached hydrogens (primary N) is 1. The van der Waals surface area contributed by atoms with Gasteiger partial charge in [0.2, 0.25) is 5.95 Å². The molecule has 8 heteroatoms. The van der Waals surface area contributed by atoms with Crippen molar-refractivity contribution in [2.24, 2.45) is 0 Å². The van der Waals surface area contributed by atoms with E-state index in [1.807, 2.05) is 13.8 Å². The van der Waals surface area contributed by atoms with Crippen LogP contribution in [-0.2, 0) is 6.18 Å². The van der Waals surface area contributed by atoms with Crippen molar-refractivity contribution >= 4 is 5.95 Å². The maximum absolute atomic E-state index is 14.0.